The minimum atomic E-state index is 0.658. The molecule has 2 aliphatic rings. The number of aromatic nitrogens is 2. The zero-order valence-corrected chi connectivity index (χ0v) is 18.9. The predicted octanol–water partition coefficient (Wildman–Crippen LogP) is 3.67. The lowest BCUT2D eigenvalue weighted by atomic mass is 10.0. The van der Waals surface area contributed by atoms with Crippen molar-refractivity contribution in [1.82, 2.24) is 19.6 Å². The largest absolute Gasteiger partial charge is 0.494 e. The van der Waals surface area contributed by atoms with E-state index in [4.69, 9.17) is 4.74 Å². The molecule has 0 aliphatic carbocycles. The summed E-state index contributed by atoms with van der Waals surface area (Å²) in [6, 6.07) is 19.5. The standard InChI is InChI=1S/C26H33N5O/c1-32-26-12-6-5-11-25(26)31-20-22(18-27-31)19-28-13-7-10-24(21-28)30-16-14-29(15-17-30)23-8-3-2-4-9-23/h2-6,8-9,11-12,18,20,24H,7,10,13-17,19,21H2,1H3/t24-/m0/s1. The highest BCUT2D eigenvalue weighted by Gasteiger charge is 2.28. The van der Waals surface area contributed by atoms with E-state index in [1.165, 1.54) is 30.6 Å². The number of benzene rings is 2. The molecule has 3 aromatic rings. The third-order valence-corrected chi connectivity index (χ3v) is 6.81. The van der Waals surface area contributed by atoms with Gasteiger partial charge in [0.15, 0.2) is 0 Å². The Kier molecular flexibility index (Phi) is 6.41. The van der Waals surface area contributed by atoms with Crippen LogP contribution in [0, 0.1) is 0 Å². The molecule has 2 aromatic carbocycles. The first-order chi connectivity index (χ1) is 15.8. The van der Waals surface area contributed by atoms with E-state index in [0.717, 1.165) is 50.7 Å². The molecule has 0 spiro atoms. The Hall–Kier alpha value is -2.83. The van der Waals surface area contributed by atoms with Crippen molar-refractivity contribution in [1.29, 1.82) is 0 Å². The zero-order chi connectivity index (χ0) is 21.8. The number of piperidine rings is 1. The Morgan fingerprint density at radius 2 is 1.72 bits per heavy atom. The number of anilines is 1. The summed E-state index contributed by atoms with van der Waals surface area (Å²) in [6.45, 7) is 7.80. The molecule has 0 bridgehead atoms. The Bertz CT molecular complexity index is 996. The molecule has 6 nitrogen and oxygen atoms in total. The van der Waals surface area contributed by atoms with Crippen molar-refractivity contribution in [3.8, 4) is 11.4 Å². The number of likely N-dealkylation sites (tertiary alicyclic amines) is 1. The summed E-state index contributed by atoms with van der Waals surface area (Å²) >= 11 is 0. The average Bonchev–Trinajstić information content (AvgIpc) is 3.33. The number of ether oxygens (including phenoxy) is 1. The second-order valence-electron chi connectivity index (χ2n) is 8.85. The van der Waals surface area contributed by atoms with Crippen molar-refractivity contribution < 1.29 is 4.74 Å². The molecule has 2 saturated heterocycles. The van der Waals surface area contributed by atoms with E-state index in [2.05, 4.69) is 56.3 Å². The number of para-hydroxylation sites is 3. The van der Waals surface area contributed by atoms with Crippen LogP contribution in [0.5, 0.6) is 5.75 Å². The maximum atomic E-state index is 5.50. The zero-order valence-electron chi connectivity index (χ0n) is 18.9. The second-order valence-corrected chi connectivity index (χ2v) is 8.85. The van der Waals surface area contributed by atoms with Crippen molar-refractivity contribution in [2.75, 3.05) is 51.3 Å². The lowest BCUT2D eigenvalue weighted by Crippen LogP contribution is -2.55. The summed E-state index contributed by atoms with van der Waals surface area (Å²) < 4.78 is 7.42. The van der Waals surface area contributed by atoms with Crippen LogP contribution in [-0.4, -0.2) is 72.0 Å². The molecule has 1 atom stereocenters. The first-order valence-corrected chi connectivity index (χ1v) is 11.7. The summed E-state index contributed by atoms with van der Waals surface area (Å²) in [4.78, 5) is 7.83. The maximum Gasteiger partial charge on any atom is 0.144 e. The Balaban J connectivity index is 1.17. The Morgan fingerprint density at radius 3 is 2.53 bits per heavy atom. The Morgan fingerprint density at radius 1 is 0.938 bits per heavy atom. The van der Waals surface area contributed by atoms with E-state index < -0.39 is 0 Å². The molecule has 0 unspecified atom stereocenters. The first kappa shape index (κ1) is 21.0. The van der Waals surface area contributed by atoms with Gasteiger partial charge in [0.2, 0.25) is 0 Å². The molecular formula is C26H33N5O. The number of hydrogen-bond acceptors (Lipinski definition) is 5. The van der Waals surface area contributed by atoms with Gasteiger partial charge in [0, 0.05) is 62.8 Å². The van der Waals surface area contributed by atoms with Crippen LogP contribution in [0.1, 0.15) is 18.4 Å². The van der Waals surface area contributed by atoms with Gasteiger partial charge >= 0.3 is 0 Å². The van der Waals surface area contributed by atoms with E-state index >= 15 is 0 Å². The number of hydrogen-bond donors (Lipinski definition) is 0. The molecule has 2 fully saturated rings. The Labute approximate surface area is 191 Å². The van der Waals surface area contributed by atoms with Crippen molar-refractivity contribution in [2.24, 2.45) is 0 Å². The number of rotatable bonds is 6. The van der Waals surface area contributed by atoms with E-state index in [-0.39, 0.29) is 0 Å². The van der Waals surface area contributed by atoms with Gasteiger partial charge in [-0.2, -0.15) is 5.10 Å². The van der Waals surface area contributed by atoms with Gasteiger partial charge < -0.3 is 9.64 Å². The van der Waals surface area contributed by atoms with Gasteiger partial charge in [0.05, 0.1) is 13.3 Å². The molecule has 2 aliphatic heterocycles. The van der Waals surface area contributed by atoms with Crippen LogP contribution >= 0.6 is 0 Å². The summed E-state index contributed by atoms with van der Waals surface area (Å²) in [5.74, 6) is 0.842. The maximum absolute atomic E-state index is 5.50. The fourth-order valence-electron chi connectivity index (χ4n) is 5.11. The molecule has 168 valence electrons. The van der Waals surface area contributed by atoms with Crippen LogP contribution in [0.4, 0.5) is 5.69 Å². The highest BCUT2D eigenvalue weighted by atomic mass is 16.5. The SMILES string of the molecule is COc1ccccc1-n1cc(CN2CCC[C@H](N3CCN(c4ccccc4)CC3)C2)cn1. The molecule has 0 N–H and O–H groups in total. The van der Waals surface area contributed by atoms with E-state index in [1.807, 2.05) is 35.1 Å². The van der Waals surface area contributed by atoms with Crippen molar-refractivity contribution >= 4 is 5.69 Å². The van der Waals surface area contributed by atoms with Crippen LogP contribution in [0.25, 0.3) is 5.69 Å². The average molecular weight is 432 g/mol. The lowest BCUT2D eigenvalue weighted by molar-refractivity contribution is 0.0888. The summed E-state index contributed by atoms with van der Waals surface area (Å²) in [7, 11) is 1.71. The molecular weight excluding hydrogens is 398 g/mol. The van der Waals surface area contributed by atoms with Crippen LogP contribution in [-0.2, 0) is 6.54 Å². The van der Waals surface area contributed by atoms with Crippen molar-refractivity contribution in [3.05, 3.63) is 72.6 Å². The van der Waals surface area contributed by atoms with Gasteiger partial charge in [0.25, 0.3) is 0 Å². The van der Waals surface area contributed by atoms with Crippen LogP contribution in [0.3, 0.4) is 0 Å². The quantitative estimate of drug-likeness (QED) is 0.595. The number of nitrogens with zero attached hydrogens (tertiary/aromatic N) is 5. The van der Waals surface area contributed by atoms with Gasteiger partial charge in [-0.25, -0.2) is 4.68 Å². The molecule has 5 rings (SSSR count). The fraction of sp³-hybridized carbons (Fsp3) is 0.423. The summed E-state index contributed by atoms with van der Waals surface area (Å²) in [5, 5.41) is 4.60. The highest BCUT2D eigenvalue weighted by Crippen LogP contribution is 2.24. The molecule has 3 heterocycles. The molecule has 0 saturated carbocycles. The van der Waals surface area contributed by atoms with Gasteiger partial charge in [0.1, 0.15) is 11.4 Å². The third kappa shape index (κ3) is 4.66. The molecule has 0 amide bonds. The lowest BCUT2D eigenvalue weighted by Gasteiger charge is -2.44. The van der Waals surface area contributed by atoms with Gasteiger partial charge in [-0.1, -0.05) is 30.3 Å². The smallest absolute Gasteiger partial charge is 0.144 e. The summed E-state index contributed by atoms with van der Waals surface area (Å²) in [5.41, 5.74) is 3.59. The minimum absolute atomic E-state index is 0.658. The number of methoxy groups -OCH3 is 1. The molecule has 0 radical (unpaired) electrons. The van der Waals surface area contributed by atoms with Crippen molar-refractivity contribution in [3.63, 3.8) is 0 Å². The predicted molar refractivity (Wildman–Crippen MR) is 129 cm³/mol. The van der Waals surface area contributed by atoms with E-state index in [1.54, 1.807) is 7.11 Å². The van der Waals surface area contributed by atoms with Gasteiger partial charge in [-0.15, -0.1) is 0 Å². The van der Waals surface area contributed by atoms with Gasteiger partial charge in [-0.3, -0.25) is 9.80 Å². The molecule has 1 aromatic heterocycles. The monoisotopic (exact) mass is 431 g/mol. The van der Waals surface area contributed by atoms with Crippen LogP contribution < -0.4 is 9.64 Å². The second kappa shape index (κ2) is 9.76. The van der Waals surface area contributed by atoms with E-state index in [0.29, 0.717) is 6.04 Å². The first-order valence-electron chi connectivity index (χ1n) is 11.7. The molecule has 6 heteroatoms. The van der Waals surface area contributed by atoms with Crippen molar-refractivity contribution in [2.45, 2.75) is 25.4 Å². The third-order valence-electron chi connectivity index (χ3n) is 6.81. The fourth-order valence-corrected chi connectivity index (χ4v) is 5.11. The highest BCUT2D eigenvalue weighted by molar-refractivity contribution is 5.47. The topological polar surface area (TPSA) is 36.8 Å². The van der Waals surface area contributed by atoms with Gasteiger partial charge in [-0.05, 0) is 43.7 Å². The minimum Gasteiger partial charge on any atom is -0.494 e. The van der Waals surface area contributed by atoms with Crippen LogP contribution in [0.15, 0.2) is 67.0 Å². The van der Waals surface area contributed by atoms with E-state index in [9.17, 15) is 0 Å². The number of piperazine rings is 1. The molecule has 32 heavy (non-hydrogen) atoms. The summed E-state index contributed by atoms with van der Waals surface area (Å²) in [6.07, 6.45) is 6.71. The normalized spacial score (nSPS) is 20.4. The van der Waals surface area contributed by atoms with Crippen LogP contribution in [0.2, 0.25) is 0 Å².